The van der Waals surface area contributed by atoms with E-state index in [1.54, 1.807) is 31.2 Å². The standard InChI is InChI=1S/C17H17N5O3/c1-8-6-14(21-25-8)20-16(23)12-5-4-11-7-13-17(24)18-9(2)10(3)22(13)15(11)19-12/h4-7,9-10H,1-3H3,(H,18,24)(H,20,21,23)/t9-,10-/m0/s1. The summed E-state index contributed by atoms with van der Waals surface area (Å²) in [5.41, 5.74) is 1.42. The molecule has 2 N–H and O–H groups in total. The van der Waals surface area contributed by atoms with Crippen LogP contribution in [0.5, 0.6) is 0 Å². The molecular weight excluding hydrogens is 322 g/mol. The Kier molecular flexibility index (Phi) is 3.34. The number of pyridine rings is 1. The number of amides is 2. The number of fused-ring (bicyclic) bond motifs is 3. The number of carbonyl (C=O) groups is 2. The fraction of sp³-hybridized carbons (Fsp3) is 0.294. The van der Waals surface area contributed by atoms with Gasteiger partial charge in [0.2, 0.25) is 0 Å². The summed E-state index contributed by atoms with van der Waals surface area (Å²) in [6.45, 7) is 5.70. The molecule has 2 atom stereocenters. The van der Waals surface area contributed by atoms with E-state index < -0.39 is 0 Å². The quantitative estimate of drug-likeness (QED) is 0.746. The monoisotopic (exact) mass is 339 g/mol. The largest absolute Gasteiger partial charge is 0.360 e. The number of aryl methyl sites for hydroxylation is 1. The first-order valence-corrected chi connectivity index (χ1v) is 8.01. The third-order valence-corrected chi connectivity index (χ3v) is 4.51. The lowest BCUT2D eigenvalue weighted by Gasteiger charge is -2.29. The van der Waals surface area contributed by atoms with Crippen LogP contribution in [0.2, 0.25) is 0 Å². The first kappa shape index (κ1) is 15.4. The number of anilines is 1. The molecule has 1 aliphatic rings. The molecule has 0 bridgehead atoms. The number of nitrogens with zero attached hydrogens (tertiary/aromatic N) is 3. The van der Waals surface area contributed by atoms with Gasteiger partial charge in [-0.2, -0.15) is 0 Å². The predicted octanol–water partition coefficient (Wildman–Crippen LogP) is 2.28. The van der Waals surface area contributed by atoms with Crippen LogP contribution in [0.25, 0.3) is 11.0 Å². The highest BCUT2D eigenvalue weighted by Gasteiger charge is 2.30. The van der Waals surface area contributed by atoms with Crippen LogP contribution < -0.4 is 10.6 Å². The molecule has 0 radical (unpaired) electrons. The highest BCUT2D eigenvalue weighted by atomic mass is 16.5. The molecule has 8 heteroatoms. The lowest BCUT2D eigenvalue weighted by atomic mass is 10.1. The Morgan fingerprint density at radius 2 is 2.12 bits per heavy atom. The summed E-state index contributed by atoms with van der Waals surface area (Å²) >= 11 is 0. The molecular formula is C17H17N5O3. The lowest BCUT2D eigenvalue weighted by Crippen LogP contribution is -2.44. The van der Waals surface area contributed by atoms with E-state index in [1.807, 2.05) is 18.4 Å². The van der Waals surface area contributed by atoms with Crippen molar-refractivity contribution in [1.82, 2.24) is 20.0 Å². The molecule has 128 valence electrons. The predicted molar refractivity (Wildman–Crippen MR) is 90.6 cm³/mol. The third kappa shape index (κ3) is 2.46. The number of carbonyl (C=O) groups excluding carboxylic acids is 2. The molecule has 0 saturated carbocycles. The second kappa shape index (κ2) is 5.44. The van der Waals surface area contributed by atoms with Crippen molar-refractivity contribution in [2.45, 2.75) is 32.9 Å². The van der Waals surface area contributed by atoms with Crippen molar-refractivity contribution in [3.8, 4) is 0 Å². The summed E-state index contributed by atoms with van der Waals surface area (Å²) in [4.78, 5) is 29.1. The van der Waals surface area contributed by atoms with Gasteiger partial charge in [-0.1, -0.05) is 5.16 Å². The summed E-state index contributed by atoms with van der Waals surface area (Å²) in [5, 5.41) is 10.1. The fourth-order valence-electron chi connectivity index (χ4n) is 3.04. The van der Waals surface area contributed by atoms with Crippen molar-refractivity contribution in [3.05, 3.63) is 41.4 Å². The van der Waals surface area contributed by atoms with E-state index in [1.165, 1.54) is 0 Å². The first-order valence-electron chi connectivity index (χ1n) is 8.01. The van der Waals surface area contributed by atoms with E-state index in [4.69, 9.17) is 4.52 Å². The van der Waals surface area contributed by atoms with Crippen LogP contribution in [0.4, 0.5) is 5.82 Å². The lowest BCUT2D eigenvalue weighted by molar-refractivity contribution is 0.0891. The smallest absolute Gasteiger partial charge is 0.275 e. The molecule has 8 nitrogen and oxygen atoms in total. The molecule has 0 unspecified atom stereocenters. The Bertz CT molecular complexity index is 1000. The molecule has 0 aromatic carbocycles. The highest BCUT2D eigenvalue weighted by molar-refractivity contribution is 6.04. The summed E-state index contributed by atoms with van der Waals surface area (Å²) in [6.07, 6.45) is 0. The molecule has 4 rings (SSSR count). The number of rotatable bonds is 2. The van der Waals surface area contributed by atoms with Gasteiger partial charge in [-0.3, -0.25) is 9.59 Å². The van der Waals surface area contributed by atoms with Crippen LogP contribution in [0.15, 0.2) is 28.8 Å². The van der Waals surface area contributed by atoms with Crippen molar-refractivity contribution in [1.29, 1.82) is 0 Å². The van der Waals surface area contributed by atoms with Crippen LogP contribution in [0.1, 0.15) is 46.6 Å². The second-order valence-electron chi connectivity index (χ2n) is 6.29. The minimum atomic E-state index is -0.383. The number of hydrogen-bond donors (Lipinski definition) is 2. The van der Waals surface area contributed by atoms with Gasteiger partial charge in [0.05, 0.1) is 6.04 Å². The minimum absolute atomic E-state index is 0.0204. The topological polar surface area (TPSA) is 102 Å². The van der Waals surface area contributed by atoms with Gasteiger partial charge in [-0.15, -0.1) is 0 Å². The van der Waals surface area contributed by atoms with Crippen molar-refractivity contribution in [3.63, 3.8) is 0 Å². The maximum absolute atomic E-state index is 12.4. The van der Waals surface area contributed by atoms with Gasteiger partial charge in [0.1, 0.15) is 22.8 Å². The van der Waals surface area contributed by atoms with Crippen LogP contribution in [-0.2, 0) is 0 Å². The summed E-state index contributed by atoms with van der Waals surface area (Å²) in [7, 11) is 0. The van der Waals surface area contributed by atoms with Crippen LogP contribution >= 0.6 is 0 Å². The zero-order valence-electron chi connectivity index (χ0n) is 14.0. The highest BCUT2D eigenvalue weighted by Crippen LogP contribution is 2.28. The van der Waals surface area contributed by atoms with Crippen molar-refractivity contribution >= 4 is 28.7 Å². The summed E-state index contributed by atoms with van der Waals surface area (Å²) < 4.78 is 6.82. The molecule has 0 aliphatic carbocycles. The normalized spacial score (nSPS) is 19.6. The molecule has 4 heterocycles. The Morgan fingerprint density at radius 1 is 1.32 bits per heavy atom. The minimum Gasteiger partial charge on any atom is -0.360 e. The van der Waals surface area contributed by atoms with Gasteiger partial charge >= 0.3 is 0 Å². The van der Waals surface area contributed by atoms with Gasteiger partial charge in [0.25, 0.3) is 11.8 Å². The molecule has 0 fully saturated rings. The zero-order chi connectivity index (χ0) is 17.7. The Labute approximate surface area is 143 Å². The molecule has 2 amide bonds. The summed E-state index contributed by atoms with van der Waals surface area (Å²) in [5.74, 6) is 0.426. The van der Waals surface area contributed by atoms with Gasteiger partial charge in [-0.25, -0.2) is 4.98 Å². The Hall–Kier alpha value is -3.16. The molecule has 3 aromatic heterocycles. The molecule has 1 aliphatic heterocycles. The van der Waals surface area contributed by atoms with E-state index >= 15 is 0 Å². The van der Waals surface area contributed by atoms with Crippen LogP contribution in [0.3, 0.4) is 0 Å². The van der Waals surface area contributed by atoms with Gasteiger partial charge in [-0.05, 0) is 39.0 Å². The van der Waals surface area contributed by atoms with Gasteiger partial charge in [0.15, 0.2) is 5.82 Å². The average Bonchev–Trinajstić information content (AvgIpc) is 3.15. The average molecular weight is 339 g/mol. The summed E-state index contributed by atoms with van der Waals surface area (Å²) in [6, 6.07) is 6.86. The first-order chi connectivity index (χ1) is 11.9. The number of hydrogen-bond acceptors (Lipinski definition) is 5. The number of aromatic nitrogens is 3. The van der Waals surface area contributed by atoms with Gasteiger partial charge in [0, 0.05) is 17.5 Å². The van der Waals surface area contributed by atoms with Gasteiger partial charge < -0.3 is 19.7 Å². The maximum atomic E-state index is 12.4. The Morgan fingerprint density at radius 3 is 2.84 bits per heavy atom. The Balaban J connectivity index is 1.75. The van der Waals surface area contributed by atoms with E-state index in [9.17, 15) is 9.59 Å². The maximum Gasteiger partial charge on any atom is 0.275 e. The molecule has 0 spiro atoms. The molecule has 0 saturated heterocycles. The fourth-order valence-corrected chi connectivity index (χ4v) is 3.04. The molecule has 25 heavy (non-hydrogen) atoms. The molecule has 3 aromatic rings. The second-order valence-corrected chi connectivity index (χ2v) is 6.29. The zero-order valence-corrected chi connectivity index (χ0v) is 14.0. The third-order valence-electron chi connectivity index (χ3n) is 4.51. The van der Waals surface area contributed by atoms with Crippen molar-refractivity contribution < 1.29 is 14.1 Å². The number of nitrogens with one attached hydrogen (secondary N) is 2. The van der Waals surface area contributed by atoms with Crippen molar-refractivity contribution in [2.75, 3.05) is 5.32 Å². The van der Waals surface area contributed by atoms with E-state index in [-0.39, 0.29) is 29.6 Å². The van der Waals surface area contributed by atoms with E-state index in [0.717, 1.165) is 5.39 Å². The van der Waals surface area contributed by atoms with E-state index in [0.29, 0.717) is 22.9 Å². The van der Waals surface area contributed by atoms with Crippen LogP contribution in [0, 0.1) is 6.92 Å². The van der Waals surface area contributed by atoms with Crippen LogP contribution in [-0.4, -0.2) is 32.6 Å². The van der Waals surface area contributed by atoms with E-state index in [2.05, 4.69) is 20.8 Å². The van der Waals surface area contributed by atoms with Crippen molar-refractivity contribution in [2.24, 2.45) is 0 Å². The SMILES string of the molecule is Cc1cc(NC(=O)c2ccc3cc4n(c3n2)[C@@H](C)[C@H](C)NC4=O)no1.